The summed E-state index contributed by atoms with van der Waals surface area (Å²) in [6.07, 6.45) is 1.91. The lowest BCUT2D eigenvalue weighted by Crippen LogP contribution is -2.18. The number of nitrogens with zero attached hydrogens (tertiary/aromatic N) is 2. The number of hydrogen-bond donors (Lipinski definition) is 1. The Hall–Kier alpha value is -1.32. The first kappa shape index (κ1) is 13.1. The van der Waals surface area contributed by atoms with E-state index in [0.717, 1.165) is 17.9 Å². The zero-order valence-electron chi connectivity index (χ0n) is 10.9. The van der Waals surface area contributed by atoms with Crippen LogP contribution in [0.3, 0.4) is 0 Å². The number of aromatic nitrogens is 2. The molecule has 2 aromatic rings. The van der Waals surface area contributed by atoms with Crippen LogP contribution in [-0.2, 0) is 0 Å². The maximum absolute atomic E-state index is 6.20. The molecule has 1 unspecified atom stereocenters. The molecule has 96 valence electrons. The van der Waals surface area contributed by atoms with Gasteiger partial charge in [-0.2, -0.15) is 5.10 Å². The van der Waals surface area contributed by atoms with Crippen LogP contribution in [0.2, 0.25) is 5.02 Å². The molecular weight excluding hydrogens is 246 g/mol. The summed E-state index contributed by atoms with van der Waals surface area (Å²) in [7, 11) is 0. The predicted octanol–water partition coefficient (Wildman–Crippen LogP) is 3.50. The number of para-hydroxylation sites is 1. The third-order valence-corrected chi connectivity index (χ3v) is 3.42. The van der Waals surface area contributed by atoms with Crippen molar-refractivity contribution < 1.29 is 0 Å². The molecule has 0 aliphatic carbocycles. The first-order valence-electron chi connectivity index (χ1n) is 6.18. The van der Waals surface area contributed by atoms with E-state index in [2.05, 4.69) is 31.2 Å². The Morgan fingerprint density at radius 1 is 1.39 bits per heavy atom. The standard InChI is InChI=1S/C14H18ClN3/c1-4-16-10(2)12-9-17-18(11(12)3)14-8-6-5-7-13(14)15/h5-10,16H,4H2,1-3H3. The molecule has 0 saturated carbocycles. The third kappa shape index (κ3) is 2.42. The predicted molar refractivity (Wildman–Crippen MR) is 75.4 cm³/mol. The van der Waals surface area contributed by atoms with Gasteiger partial charge in [0, 0.05) is 17.3 Å². The molecule has 0 bridgehead atoms. The summed E-state index contributed by atoms with van der Waals surface area (Å²) < 4.78 is 1.89. The highest BCUT2D eigenvalue weighted by Gasteiger charge is 2.14. The van der Waals surface area contributed by atoms with E-state index in [1.54, 1.807) is 0 Å². The van der Waals surface area contributed by atoms with Gasteiger partial charge in [-0.25, -0.2) is 4.68 Å². The average Bonchev–Trinajstić information content (AvgIpc) is 2.72. The van der Waals surface area contributed by atoms with Crippen molar-refractivity contribution in [1.82, 2.24) is 15.1 Å². The van der Waals surface area contributed by atoms with Crippen LogP contribution >= 0.6 is 11.6 Å². The van der Waals surface area contributed by atoms with Crippen molar-refractivity contribution in [2.45, 2.75) is 26.8 Å². The van der Waals surface area contributed by atoms with Crippen LogP contribution in [0.15, 0.2) is 30.5 Å². The van der Waals surface area contributed by atoms with Crippen LogP contribution in [0.4, 0.5) is 0 Å². The van der Waals surface area contributed by atoms with Gasteiger partial charge in [-0.05, 0) is 32.5 Å². The van der Waals surface area contributed by atoms with Gasteiger partial charge in [0.1, 0.15) is 0 Å². The fourth-order valence-corrected chi connectivity index (χ4v) is 2.35. The molecule has 0 saturated heterocycles. The molecule has 18 heavy (non-hydrogen) atoms. The smallest absolute Gasteiger partial charge is 0.0834 e. The third-order valence-electron chi connectivity index (χ3n) is 3.11. The van der Waals surface area contributed by atoms with Crippen LogP contribution in [-0.4, -0.2) is 16.3 Å². The summed E-state index contributed by atoms with van der Waals surface area (Å²) in [4.78, 5) is 0. The lowest BCUT2D eigenvalue weighted by atomic mass is 10.1. The summed E-state index contributed by atoms with van der Waals surface area (Å²) in [5.74, 6) is 0. The molecule has 1 atom stereocenters. The van der Waals surface area contributed by atoms with Crippen molar-refractivity contribution in [3.63, 3.8) is 0 Å². The number of nitrogens with one attached hydrogen (secondary N) is 1. The molecule has 0 amide bonds. The molecular formula is C14H18ClN3. The zero-order chi connectivity index (χ0) is 13.1. The summed E-state index contributed by atoms with van der Waals surface area (Å²) in [5.41, 5.74) is 3.25. The van der Waals surface area contributed by atoms with Crippen molar-refractivity contribution in [2.24, 2.45) is 0 Å². The minimum Gasteiger partial charge on any atom is -0.310 e. The fraction of sp³-hybridized carbons (Fsp3) is 0.357. The molecule has 0 aliphatic heterocycles. The van der Waals surface area contributed by atoms with Crippen LogP contribution in [0, 0.1) is 6.92 Å². The summed E-state index contributed by atoms with van der Waals surface area (Å²) in [6, 6.07) is 8.05. The van der Waals surface area contributed by atoms with Crippen molar-refractivity contribution in [3.8, 4) is 5.69 Å². The quantitative estimate of drug-likeness (QED) is 0.915. The van der Waals surface area contributed by atoms with Gasteiger partial charge in [-0.3, -0.25) is 0 Å². The van der Waals surface area contributed by atoms with Crippen LogP contribution < -0.4 is 5.32 Å². The van der Waals surface area contributed by atoms with Gasteiger partial charge < -0.3 is 5.32 Å². The maximum atomic E-state index is 6.20. The van der Waals surface area contributed by atoms with E-state index >= 15 is 0 Å². The first-order valence-corrected chi connectivity index (χ1v) is 6.55. The Balaban J connectivity index is 2.40. The highest BCUT2D eigenvalue weighted by molar-refractivity contribution is 6.32. The van der Waals surface area contributed by atoms with Crippen molar-refractivity contribution in [2.75, 3.05) is 6.54 Å². The molecule has 0 fully saturated rings. The lowest BCUT2D eigenvalue weighted by Gasteiger charge is -2.12. The molecule has 1 N–H and O–H groups in total. The molecule has 0 spiro atoms. The second-order valence-corrected chi connectivity index (χ2v) is 4.74. The number of benzene rings is 1. The largest absolute Gasteiger partial charge is 0.310 e. The second kappa shape index (κ2) is 5.55. The van der Waals surface area contributed by atoms with Gasteiger partial charge in [-0.15, -0.1) is 0 Å². The average molecular weight is 264 g/mol. The highest BCUT2D eigenvalue weighted by Crippen LogP contribution is 2.24. The topological polar surface area (TPSA) is 29.9 Å². The lowest BCUT2D eigenvalue weighted by molar-refractivity contribution is 0.594. The van der Waals surface area contributed by atoms with E-state index in [9.17, 15) is 0 Å². The molecule has 0 radical (unpaired) electrons. The molecule has 1 aromatic heterocycles. The summed E-state index contributed by atoms with van der Waals surface area (Å²) in [5, 5.41) is 8.55. The molecule has 2 rings (SSSR count). The monoisotopic (exact) mass is 263 g/mol. The Morgan fingerprint density at radius 2 is 2.11 bits per heavy atom. The molecule has 3 nitrogen and oxygen atoms in total. The minimum atomic E-state index is 0.297. The molecule has 4 heteroatoms. The van der Waals surface area contributed by atoms with Crippen molar-refractivity contribution in [3.05, 3.63) is 46.7 Å². The summed E-state index contributed by atoms with van der Waals surface area (Å²) in [6.45, 7) is 7.26. The number of halogens is 1. The Bertz CT molecular complexity index is 534. The van der Waals surface area contributed by atoms with Gasteiger partial charge in [0.25, 0.3) is 0 Å². The van der Waals surface area contributed by atoms with Gasteiger partial charge in [0.05, 0.1) is 16.9 Å². The number of rotatable bonds is 4. The van der Waals surface area contributed by atoms with E-state index in [4.69, 9.17) is 11.6 Å². The fourth-order valence-electron chi connectivity index (χ4n) is 2.13. The van der Waals surface area contributed by atoms with Crippen molar-refractivity contribution >= 4 is 11.6 Å². The Labute approximate surface area is 113 Å². The van der Waals surface area contributed by atoms with E-state index < -0.39 is 0 Å². The molecule has 1 aromatic carbocycles. The summed E-state index contributed by atoms with van der Waals surface area (Å²) >= 11 is 6.20. The Kier molecular flexibility index (Phi) is 4.04. The maximum Gasteiger partial charge on any atom is 0.0834 e. The van der Waals surface area contributed by atoms with E-state index in [1.807, 2.05) is 35.1 Å². The second-order valence-electron chi connectivity index (χ2n) is 4.33. The minimum absolute atomic E-state index is 0.297. The van der Waals surface area contributed by atoms with E-state index in [1.165, 1.54) is 5.56 Å². The van der Waals surface area contributed by atoms with E-state index in [-0.39, 0.29) is 0 Å². The van der Waals surface area contributed by atoms with Gasteiger partial charge in [0.2, 0.25) is 0 Å². The first-order chi connectivity index (χ1) is 8.65. The normalized spacial score (nSPS) is 12.7. The van der Waals surface area contributed by atoms with Gasteiger partial charge >= 0.3 is 0 Å². The van der Waals surface area contributed by atoms with Crippen LogP contribution in [0.5, 0.6) is 0 Å². The Morgan fingerprint density at radius 3 is 2.78 bits per heavy atom. The zero-order valence-corrected chi connectivity index (χ0v) is 11.7. The molecule has 0 aliphatic rings. The van der Waals surface area contributed by atoms with E-state index in [0.29, 0.717) is 11.1 Å². The number of hydrogen-bond acceptors (Lipinski definition) is 2. The van der Waals surface area contributed by atoms with Gasteiger partial charge in [0.15, 0.2) is 0 Å². The van der Waals surface area contributed by atoms with Gasteiger partial charge in [-0.1, -0.05) is 30.7 Å². The van der Waals surface area contributed by atoms with Crippen molar-refractivity contribution in [1.29, 1.82) is 0 Å². The molecule has 1 heterocycles. The van der Waals surface area contributed by atoms with Crippen LogP contribution in [0.1, 0.15) is 31.1 Å². The SMILES string of the molecule is CCNC(C)c1cnn(-c2ccccc2Cl)c1C. The highest BCUT2D eigenvalue weighted by atomic mass is 35.5. The van der Waals surface area contributed by atoms with Crippen LogP contribution in [0.25, 0.3) is 5.69 Å².